The number of anilines is 1. The van der Waals surface area contributed by atoms with E-state index in [0.717, 1.165) is 55.8 Å². The van der Waals surface area contributed by atoms with Gasteiger partial charge in [-0.05, 0) is 49.9 Å². The Morgan fingerprint density at radius 1 is 1.12 bits per heavy atom. The minimum absolute atomic E-state index is 0.0192. The Kier molecular flexibility index (Phi) is 8.89. The summed E-state index contributed by atoms with van der Waals surface area (Å²) >= 11 is 0. The maximum atomic E-state index is 12.9. The molecule has 0 saturated carbocycles. The number of fused-ring (bicyclic) bond motifs is 1. The molecule has 214 valence electrons. The number of likely N-dealkylation sites (tertiary alicyclic amines) is 1. The molecule has 40 heavy (non-hydrogen) atoms. The highest BCUT2D eigenvalue weighted by molar-refractivity contribution is 5.82. The second-order valence-electron chi connectivity index (χ2n) is 11.8. The van der Waals surface area contributed by atoms with Crippen LogP contribution in [-0.4, -0.2) is 90.6 Å². The fraction of sp³-hybridized carbons (Fsp3) is 0.581. The molecule has 2 N–H and O–H groups in total. The van der Waals surface area contributed by atoms with E-state index in [4.69, 9.17) is 15.5 Å². The highest BCUT2D eigenvalue weighted by Crippen LogP contribution is 2.36. The Labute approximate surface area is 238 Å². The SMILES string of the molecule is CC(C)C(N)C(=O)N1CCN(c2nc(OC[C@@H]3CCCN3C)c(C#N)c3c2CCN(Cc2ccccc2)C3)CC1. The summed E-state index contributed by atoms with van der Waals surface area (Å²) in [5.41, 5.74) is 10.2. The van der Waals surface area contributed by atoms with Crippen molar-refractivity contribution in [2.75, 3.05) is 57.8 Å². The third-order valence-electron chi connectivity index (χ3n) is 8.76. The van der Waals surface area contributed by atoms with E-state index in [9.17, 15) is 10.1 Å². The number of carbonyl (C=O) groups excluding carboxylic acids is 1. The van der Waals surface area contributed by atoms with Crippen molar-refractivity contribution in [3.8, 4) is 11.9 Å². The van der Waals surface area contributed by atoms with Crippen molar-refractivity contribution in [1.29, 1.82) is 5.26 Å². The van der Waals surface area contributed by atoms with E-state index in [0.29, 0.717) is 56.8 Å². The number of rotatable bonds is 8. The first-order valence-corrected chi connectivity index (χ1v) is 14.7. The van der Waals surface area contributed by atoms with Gasteiger partial charge in [0.05, 0.1) is 6.04 Å². The smallest absolute Gasteiger partial charge is 0.239 e. The Morgan fingerprint density at radius 3 is 2.52 bits per heavy atom. The number of nitriles is 1. The molecule has 1 unspecified atom stereocenters. The van der Waals surface area contributed by atoms with Crippen molar-refractivity contribution in [3.63, 3.8) is 0 Å². The summed E-state index contributed by atoms with van der Waals surface area (Å²) in [6.07, 6.45) is 3.08. The first kappa shape index (κ1) is 28.3. The quantitative estimate of drug-likeness (QED) is 0.540. The van der Waals surface area contributed by atoms with Crippen molar-refractivity contribution in [2.45, 2.75) is 58.3 Å². The van der Waals surface area contributed by atoms with Gasteiger partial charge in [-0.1, -0.05) is 44.2 Å². The standard InChI is InChI=1S/C31H43N7O2/c1-22(2)28(33)31(39)38-16-14-37(15-17-38)29-25-11-13-36(19-23-8-5-4-6-9-23)20-27(25)26(18-32)30(34-29)40-21-24-10-7-12-35(24)3/h4-6,8-9,22,24,28H,7,10-17,19-21,33H2,1-3H3/t24-,28?/m0/s1. The zero-order valence-corrected chi connectivity index (χ0v) is 24.2. The second kappa shape index (κ2) is 12.5. The average Bonchev–Trinajstić information content (AvgIpc) is 3.39. The van der Waals surface area contributed by atoms with Gasteiger partial charge in [0.25, 0.3) is 0 Å². The van der Waals surface area contributed by atoms with Gasteiger partial charge >= 0.3 is 0 Å². The number of carbonyl (C=O) groups is 1. The number of piperazine rings is 1. The van der Waals surface area contributed by atoms with Crippen LogP contribution >= 0.6 is 0 Å². The normalized spacial score (nSPS) is 20.9. The number of benzene rings is 1. The molecular formula is C31H43N7O2. The Hall–Kier alpha value is -3.19. The highest BCUT2D eigenvalue weighted by Gasteiger charge is 2.32. The third kappa shape index (κ3) is 6.09. The van der Waals surface area contributed by atoms with Crippen LogP contribution < -0.4 is 15.4 Å². The van der Waals surface area contributed by atoms with E-state index in [1.54, 1.807) is 0 Å². The molecule has 3 aliphatic rings. The van der Waals surface area contributed by atoms with E-state index in [2.05, 4.69) is 52.1 Å². The van der Waals surface area contributed by atoms with Crippen LogP contribution in [0, 0.1) is 17.2 Å². The molecule has 9 heteroatoms. The summed E-state index contributed by atoms with van der Waals surface area (Å²) in [5, 5.41) is 10.3. The van der Waals surface area contributed by atoms with Gasteiger partial charge in [0, 0.05) is 57.4 Å². The maximum absolute atomic E-state index is 12.9. The van der Waals surface area contributed by atoms with E-state index in [1.165, 1.54) is 5.56 Å². The number of likely N-dealkylation sites (N-methyl/N-ethyl adjacent to an activating group) is 1. The minimum atomic E-state index is -0.475. The summed E-state index contributed by atoms with van der Waals surface area (Å²) in [6.45, 7) is 10.6. The fourth-order valence-electron chi connectivity index (χ4n) is 6.10. The molecule has 0 radical (unpaired) electrons. The number of aromatic nitrogens is 1. The predicted molar refractivity (Wildman–Crippen MR) is 156 cm³/mol. The van der Waals surface area contributed by atoms with Crippen LogP contribution in [0.15, 0.2) is 30.3 Å². The third-order valence-corrected chi connectivity index (χ3v) is 8.76. The molecule has 0 aliphatic carbocycles. The molecule has 1 aromatic carbocycles. The molecule has 0 spiro atoms. The zero-order chi connectivity index (χ0) is 28.2. The molecule has 2 atom stereocenters. The van der Waals surface area contributed by atoms with Crippen molar-refractivity contribution in [3.05, 3.63) is 52.6 Å². The summed E-state index contributed by atoms with van der Waals surface area (Å²) in [6, 6.07) is 12.8. The second-order valence-corrected chi connectivity index (χ2v) is 11.8. The molecule has 4 heterocycles. The first-order chi connectivity index (χ1) is 19.4. The minimum Gasteiger partial charge on any atom is -0.475 e. The van der Waals surface area contributed by atoms with Crippen LogP contribution in [-0.2, 0) is 24.3 Å². The lowest BCUT2D eigenvalue weighted by molar-refractivity contribution is -0.133. The molecule has 1 amide bonds. The number of hydrogen-bond acceptors (Lipinski definition) is 8. The lowest BCUT2D eigenvalue weighted by Crippen LogP contribution is -2.54. The molecule has 1 aromatic heterocycles. The molecule has 9 nitrogen and oxygen atoms in total. The summed E-state index contributed by atoms with van der Waals surface area (Å²) in [5.74, 6) is 1.47. The number of pyridine rings is 1. The predicted octanol–water partition coefficient (Wildman–Crippen LogP) is 2.62. The van der Waals surface area contributed by atoms with Crippen molar-refractivity contribution < 1.29 is 9.53 Å². The lowest BCUT2D eigenvalue weighted by atomic mass is 9.95. The van der Waals surface area contributed by atoms with Crippen LogP contribution in [0.25, 0.3) is 0 Å². The van der Waals surface area contributed by atoms with E-state index < -0.39 is 6.04 Å². The van der Waals surface area contributed by atoms with Gasteiger partial charge in [-0.15, -0.1) is 0 Å². The number of nitrogens with zero attached hydrogens (tertiary/aromatic N) is 6. The van der Waals surface area contributed by atoms with Crippen molar-refractivity contribution >= 4 is 11.7 Å². The number of hydrogen-bond donors (Lipinski definition) is 1. The summed E-state index contributed by atoms with van der Waals surface area (Å²) < 4.78 is 6.35. The Morgan fingerprint density at radius 2 is 1.88 bits per heavy atom. The molecule has 2 fully saturated rings. The van der Waals surface area contributed by atoms with Crippen LogP contribution in [0.5, 0.6) is 5.88 Å². The van der Waals surface area contributed by atoms with Gasteiger partial charge in [0.15, 0.2) is 0 Å². The number of ether oxygens (including phenoxy) is 1. The fourth-order valence-corrected chi connectivity index (χ4v) is 6.10. The zero-order valence-electron chi connectivity index (χ0n) is 24.2. The highest BCUT2D eigenvalue weighted by atomic mass is 16.5. The van der Waals surface area contributed by atoms with Crippen LogP contribution in [0.1, 0.15) is 48.9 Å². The van der Waals surface area contributed by atoms with Crippen molar-refractivity contribution in [2.24, 2.45) is 11.7 Å². The lowest BCUT2D eigenvalue weighted by Gasteiger charge is -2.39. The number of nitrogens with two attached hydrogens (primary N) is 1. The van der Waals surface area contributed by atoms with Gasteiger partial charge in [-0.2, -0.15) is 10.2 Å². The first-order valence-electron chi connectivity index (χ1n) is 14.7. The molecular weight excluding hydrogens is 502 g/mol. The topological polar surface area (TPSA) is 102 Å². The maximum Gasteiger partial charge on any atom is 0.239 e. The summed E-state index contributed by atoms with van der Waals surface area (Å²) in [7, 11) is 2.13. The van der Waals surface area contributed by atoms with Crippen LogP contribution in [0.2, 0.25) is 0 Å². The van der Waals surface area contributed by atoms with Crippen molar-refractivity contribution in [1.82, 2.24) is 19.7 Å². The summed E-state index contributed by atoms with van der Waals surface area (Å²) in [4.78, 5) is 26.8. The van der Waals surface area contributed by atoms with Gasteiger partial charge in [-0.3, -0.25) is 9.69 Å². The van der Waals surface area contributed by atoms with Gasteiger partial charge < -0.3 is 25.2 Å². The Bertz CT molecular complexity index is 1220. The van der Waals surface area contributed by atoms with Gasteiger partial charge in [0.2, 0.25) is 11.8 Å². The molecule has 3 aliphatic heterocycles. The average molecular weight is 546 g/mol. The largest absolute Gasteiger partial charge is 0.475 e. The number of amides is 1. The molecule has 5 rings (SSSR count). The van der Waals surface area contributed by atoms with E-state index in [1.807, 2.05) is 24.8 Å². The van der Waals surface area contributed by atoms with Gasteiger partial charge in [-0.25, -0.2) is 0 Å². The monoisotopic (exact) mass is 545 g/mol. The Balaban J connectivity index is 1.41. The molecule has 0 bridgehead atoms. The van der Waals surface area contributed by atoms with E-state index >= 15 is 0 Å². The molecule has 2 saturated heterocycles. The van der Waals surface area contributed by atoms with Crippen LogP contribution in [0.3, 0.4) is 0 Å². The van der Waals surface area contributed by atoms with E-state index in [-0.39, 0.29) is 11.8 Å². The molecule has 2 aromatic rings. The van der Waals surface area contributed by atoms with Gasteiger partial charge in [0.1, 0.15) is 24.1 Å². The van der Waals surface area contributed by atoms with Crippen LogP contribution in [0.4, 0.5) is 5.82 Å².